The topological polar surface area (TPSA) is 72.1 Å². The maximum absolute atomic E-state index is 12.0. The highest BCUT2D eigenvalue weighted by Crippen LogP contribution is 2.32. The summed E-state index contributed by atoms with van der Waals surface area (Å²) in [6.07, 6.45) is 0. The normalized spacial score (nSPS) is 18.7. The van der Waals surface area contributed by atoms with Crippen LogP contribution in [0.15, 0.2) is 18.2 Å². The van der Waals surface area contributed by atoms with Crippen LogP contribution in [0.4, 0.5) is 4.79 Å². The molecule has 2 amide bonds. The summed E-state index contributed by atoms with van der Waals surface area (Å²) in [5.41, 5.74) is 0.988. The molecule has 2 heterocycles. The number of hydrogen-bond donors (Lipinski definition) is 2. The Balaban J connectivity index is 1.43. The Morgan fingerprint density at radius 2 is 1.92 bits per heavy atom. The van der Waals surface area contributed by atoms with Gasteiger partial charge in [0.25, 0.3) is 0 Å². The molecule has 3 rings (SSSR count). The lowest BCUT2D eigenvalue weighted by molar-refractivity contribution is 0.0387. The zero-order valence-electron chi connectivity index (χ0n) is 14.0. The van der Waals surface area contributed by atoms with Gasteiger partial charge in [-0.15, -0.1) is 0 Å². The van der Waals surface area contributed by atoms with E-state index < -0.39 is 0 Å². The smallest absolute Gasteiger partial charge is 0.315 e. The first kappa shape index (κ1) is 16.9. The fraction of sp³-hybridized carbons (Fsp3) is 0.588. The molecule has 0 aliphatic carbocycles. The van der Waals surface area contributed by atoms with Crippen LogP contribution in [-0.2, 0) is 4.74 Å². The maximum atomic E-state index is 12.0. The Morgan fingerprint density at radius 1 is 1.17 bits per heavy atom. The van der Waals surface area contributed by atoms with Crippen LogP contribution in [0.3, 0.4) is 0 Å². The SMILES string of the molecule is C[C@H](NC(=O)NCCN1CCOCC1)c1ccc2c(c1)OCCO2. The second-order valence-electron chi connectivity index (χ2n) is 5.98. The molecule has 2 aliphatic rings. The number of ether oxygens (including phenoxy) is 3. The van der Waals surface area contributed by atoms with Gasteiger partial charge in [0.2, 0.25) is 0 Å². The molecule has 0 spiro atoms. The van der Waals surface area contributed by atoms with E-state index in [4.69, 9.17) is 14.2 Å². The van der Waals surface area contributed by atoms with Gasteiger partial charge in [0, 0.05) is 26.2 Å². The number of carbonyl (C=O) groups is 1. The molecule has 1 saturated heterocycles. The Labute approximate surface area is 142 Å². The number of hydrogen-bond acceptors (Lipinski definition) is 5. The molecule has 2 aliphatic heterocycles. The molecule has 132 valence electrons. The Hall–Kier alpha value is -1.99. The van der Waals surface area contributed by atoms with Crippen molar-refractivity contribution in [3.05, 3.63) is 23.8 Å². The molecule has 7 heteroatoms. The first-order chi connectivity index (χ1) is 11.7. The summed E-state index contributed by atoms with van der Waals surface area (Å²) in [6.45, 7) is 7.95. The van der Waals surface area contributed by atoms with Crippen LogP contribution in [0.25, 0.3) is 0 Å². The van der Waals surface area contributed by atoms with Gasteiger partial charge in [0.15, 0.2) is 11.5 Å². The average Bonchev–Trinajstić information content (AvgIpc) is 2.62. The molecule has 0 radical (unpaired) electrons. The summed E-state index contributed by atoms with van der Waals surface area (Å²) in [4.78, 5) is 14.3. The first-order valence-corrected chi connectivity index (χ1v) is 8.46. The zero-order chi connectivity index (χ0) is 16.8. The number of nitrogens with zero attached hydrogens (tertiary/aromatic N) is 1. The molecule has 1 fully saturated rings. The van der Waals surface area contributed by atoms with Crippen molar-refractivity contribution in [1.29, 1.82) is 0 Å². The van der Waals surface area contributed by atoms with Crippen molar-refractivity contribution < 1.29 is 19.0 Å². The largest absolute Gasteiger partial charge is 0.486 e. The molecule has 0 bridgehead atoms. The number of nitrogens with one attached hydrogen (secondary N) is 2. The summed E-state index contributed by atoms with van der Waals surface area (Å²) >= 11 is 0. The molecule has 0 aromatic heterocycles. The van der Waals surface area contributed by atoms with Gasteiger partial charge in [0.05, 0.1) is 19.3 Å². The number of rotatable bonds is 5. The monoisotopic (exact) mass is 335 g/mol. The zero-order valence-corrected chi connectivity index (χ0v) is 14.0. The lowest BCUT2D eigenvalue weighted by Gasteiger charge is -2.26. The quantitative estimate of drug-likeness (QED) is 0.845. The van der Waals surface area contributed by atoms with E-state index in [-0.39, 0.29) is 12.1 Å². The van der Waals surface area contributed by atoms with Gasteiger partial charge in [-0.2, -0.15) is 0 Å². The molecule has 7 nitrogen and oxygen atoms in total. The molecular formula is C17H25N3O4. The number of carbonyl (C=O) groups excluding carboxylic acids is 1. The summed E-state index contributed by atoms with van der Waals surface area (Å²) in [5, 5.41) is 5.86. The van der Waals surface area contributed by atoms with E-state index in [1.807, 2.05) is 25.1 Å². The van der Waals surface area contributed by atoms with Crippen molar-refractivity contribution in [2.45, 2.75) is 13.0 Å². The van der Waals surface area contributed by atoms with Crippen LogP contribution in [-0.4, -0.2) is 63.5 Å². The molecular weight excluding hydrogens is 310 g/mol. The van der Waals surface area contributed by atoms with Crippen molar-refractivity contribution in [3.8, 4) is 11.5 Å². The van der Waals surface area contributed by atoms with Gasteiger partial charge in [-0.25, -0.2) is 4.79 Å². The van der Waals surface area contributed by atoms with Crippen LogP contribution < -0.4 is 20.1 Å². The summed E-state index contributed by atoms with van der Waals surface area (Å²) in [5.74, 6) is 1.49. The van der Waals surface area contributed by atoms with Crippen molar-refractivity contribution in [1.82, 2.24) is 15.5 Å². The predicted octanol–water partition coefficient (Wildman–Crippen LogP) is 1.15. The van der Waals surface area contributed by atoms with Gasteiger partial charge < -0.3 is 24.8 Å². The molecule has 0 unspecified atom stereocenters. The fourth-order valence-corrected chi connectivity index (χ4v) is 2.81. The van der Waals surface area contributed by atoms with Crippen LogP contribution in [0.2, 0.25) is 0 Å². The highest BCUT2D eigenvalue weighted by molar-refractivity contribution is 5.74. The van der Waals surface area contributed by atoms with E-state index >= 15 is 0 Å². The second kappa shape index (κ2) is 8.21. The number of fused-ring (bicyclic) bond motifs is 1. The lowest BCUT2D eigenvalue weighted by atomic mass is 10.1. The fourth-order valence-electron chi connectivity index (χ4n) is 2.81. The molecule has 0 saturated carbocycles. The summed E-state index contributed by atoms with van der Waals surface area (Å²) in [7, 11) is 0. The summed E-state index contributed by atoms with van der Waals surface area (Å²) < 4.78 is 16.4. The van der Waals surface area contributed by atoms with E-state index in [1.165, 1.54) is 0 Å². The molecule has 2 N–H and O–H groups in total. The molecule has 24 heavy (non-hydrogen) atoms. The van der Waals surface area contributed by atoms with Crippen LogP contribution >= 0.6 is 0 Å². The van der Waals surface area contributed by atoms with Crippen molar-refractivity contribution in [3.63, 3.8) is 0 Å². The third-order valence-electron chi connectivity index (χ3n) is 4.23. The first-order valence-electron chi connectivity index (χ1n) is 8.46. The van der Waals surface area contributed by atoms with Gasteiger partial charge in [-0.3, -0.25) is 4.90 Å². The highest BCUT2D eigenvalue weighted by atomic mass is 16.6. The van der Waals surface area contributed by atoms with Crippen LogP contribution in [0.5, 0.6) is 11.5 Å². The van der Waals surface area contributed by atoms with Crippen LogP contribution in [0.1, 0.15) is 18.5 Å². The van der Waals surface area contributed by atoms with Gasteiger partial charge in [-0.05, 0) is 24.6 Å². The van der Waals surface area contributed by atoms with Gasteiger partial charge in [0.1, 0.15) is 13.2 Å². The Kier molecular flexibility index (Phi) is 5.77. The molecule has 1 atom stereocenters. The minimum Gasteiger partial charge on any atom is -0.486 e. The average molecular weight is 335 g/mol. The minimum atomic E-state index is -0.161. The standard InChI is InChI=1S/C17H25N3O4/c1-13(14-2-3-15-16(12-14)24-11-10-23-15)19-17(21)18-4-5-20-6-8-22-9-7-20/h2-3,12-13H,4-11H2,1H3,(H2,18,19,21)/t13-/m0/s1. The Bertz CT molecular complexity index is 561. The van der Waals surface area contributed by atoms with Crippen molar-refractivity contribution >= 4 is 6.03 Å². The minimum absolute atomic E-state index is 0.107. The van der Waals surface area contributed by atoms with E-state index in [1.54, 1.807) is 0 Å². The van der Waals surface area contributed by atoms with Crippen molar-refractivity contribution in [2.24, 2.45) is 0 Å². The van der Waals surface area contributed by atoms with E-state index in [0.29, 0.717) is 19.8 Å². The molecule has 1 aromatic rings. The molecule has 1 aromatic carbocycles. The third-order valence-corrected chi connectivity index (χ3v) is 4.23. The predicted molar refractivity (Wildman–Crippen MR) is 89.6 cm³/mol. The van der Waals surface area contributed by atoms with Gasteiger partial charge >= 0.3 is 6.03 Å². The number of amides is 2. The number of morpholine rings is 1. The summed E-state index contributed by atoms with van der Waals surface area (Å²) in [6, 6.07) is 5.49. The van der Waals surface area contributed by atoms with E-state index in [2.05, 4.69) is 15.5 Å². The second-order valence-corrected chi connectivity index (χ2v) is 5.98. The Morgan fingerprint density at radius 3 is 2.71 bits per heavy atom. The van der Waals surface area contributed by atoms with Gasteiger partial charge in [-0.1, -0.05) is 6.07 Å². The van der Waals surface area contributed by atoms with Crippen molar-refractivity contribution in [2.75, 3.05) is 52.6 Å². The third kappa shape index (κ3) is 4.52. The lowest BCUT2D eigenvalue weighted by Crippen LogP contribution is -2.44. The maximum Gasteiger partial charge on any atom is 0.315 e. The van der Waals surface area contributed by atoms with E-state index in [9.17, 15) is 4.79 Å². The van der Waals surface area contributed by atoms with E-state index in [0.717, 1.165) is 49.9 Å². The number of urea groups is 1. The number of benzene rings is 1. The van der Waals surface area contributed by atoms with Crippen LogP contribution in [0, 0.1) is 0 Å². The highest BCUT2D eigenvalue weighted by Gasteiger charge is 2.16.